The first-order valence-electron chi connectivity index (χ1n) is 10.0. The second-order valence-corrected chi connectivity index (χ2v) is 8.81. The highest BCUT2D eigenvalue weighted by Gasteiger charge is 2.24. The zero-order valence-corrected chi connectivity index (χ0v) is 16.6. The van der Waals surface area contributed by atoms with E-state index in [0.717, 1.165) is 24.5 Å². The fourth-order valence-corrected chi connectivity index (χ4v) is 5.00. The summed E-state index contributed by atoms with van der Waals surface area (Å²) in [5.41, 5.74) is 0. The minimum atomic E-state index is 0.207. The maximum atomic E-state index is 13.1. The lowest BCUT2D eigenvalue weighted by Crippen LogP contribution is -2.42. The van der Waals surface area contributed by atoms with Crippen LogP contribution in [0.4, 0.5) is 0 Å². The van der Waals surface area contributed by atoms with Crippen molar-refractivity contribution in [2.45, 2.75) is 64.5 Å². The molecule has 1 N–H and O–H groups in total. The molecule has 2 fully saturated rings. The number of carbonyl (C=O) groups is 1. The van der Waals surface area contributed by atoms with E-state index in [0.29, 0.717) is 6.04 Å². The molecule has 140 valence electrons. The second-order valence-electron chi connectivity index (χ2n) is 7.70. The molecule has 5 heteroatoms. The largest absolute Gasteiger partial charge is 0.334 e. The third kappa shape index (κ3) is 5.05. The van der Waals surface area contributed by atoms with E-state index >= 15 is 0 Å². The predicted molar refractivity (Wildman–Crippen MR) is 105 cm³/mol. The van der Waals surface area contributed by atoms with Crippen LogP contribution in [-0.2, 0) is 0 Å². The second kappa shape index (κ2) is 9.15. The van der Waals surface area contributed by atoms with Gasteiger partial charge < -0.3 is 15.1 Å². The zero-order valence-electron chi connectivity index (χ0n) is 15.8. The molecule has 1 amide bonds. The van der Waals surface area contributed by atoms with Crippen LogP contribution in [0.25, 0.3) is 0 Å². The zero-order chi connectivity index (χ0) is 17.6. The number of nitrogens with zero attached hydrogens (tertiary/aromatic N) is 2. The summed E-state index contributed by atoms with van der Waals surface area (Å²) in [5.74, 6) is 0.207. The van der Waals surface area contributed by atoms with E-state index in [4.69, 9.17) is 0 Å². The monoisotopic (exact) mass is 363 g/mol. The standard InChI is InChI=1S/C20H33N3OS/c1-16(2)23(15-14-22-12-5-3-4-6-13-22)20(24)19-10-9-18(25-19)17-8-7-11-21-17/h9-10,16-17,21H,3-8,11-15H2,1-2H3. The maximum Gasteiger partial charge on any atom is 0.264 e. The molecule has 0 aliphatic carbocycles. The Kier molecular flexibility index (Phi) is 6.91. The van der Waals surface area contributed by atoms with Crippen molar-refractivity contribution in [3.8, 4) is 0 Å². The van der Waals surface area contributed by atoms with E-state index < -0.39 is 0 Å². The van der Waals surface area contributed by atoms with E-state index in [1.54, 1.807) is 11.3 Å². The summed E-state index contributed by atoms with van der Waals surface area (Å²) in [7, 11) is 0. The fraction of sp³-hybridized carbons (Fsp3) is 0.750. The van der Waals surface area contributed by atoms with Crippen LogP contribution >= 0.6 is 11.3 Å². The van der Waals surface area contributed by atoms with E-state index in [-0.39, 0.29) is 11.9 Å². The first kappa shape index (κ1) is 18.9. The molecule has 0 saturated carbocycles. The lowest BCUT2D eigenvalue weighted by molar-refractivity contribution is 0.0687. The van der Waals surface area contributed by atoms with Gasteiger partial charge >= 0.3 is 0 Å². The van der Waals surface area contributed by atoms with E-state index in [1.807, 2.05) is 6.07 Å². The van der Waals surface area contributed by atoms with Gasteiger partial charge in [0.2, 0.25) is 0 Å². The number of carbonyl (C=O) groups excluding carboxylic acids is 1. The van der Waals surface area contributed by atoms with Crippen LogP contribution < -0.4 is 5.32 Å². The van der Waals surface area contributed by atoms with Gasteiger partial charge in [0.15, 0.2) is 0 Å². The van der Waals surface area contributed by atoms with Crippen LogP contribution in [0.5, 0.6) is 0 Å². The van der Waals surface area contributed by atoms with Crippen LogP contribution in [0.2, 0.25) is 0 Å². The summed E-state index contributed by atoms with van der Waals surface area (Å²) < 4.78 is 0. The molecule has 1 unspecified atom stereocenters. The Hall–Kier alpha value is -0.910. The highest BCUT2D eigenvalue weighted by atomic mass is 32.1. The van der Waals surface area contributed by atoms with Gasteiger partial charge in [-0.3, -0.25) is 4.79 Å². The first-order valence-corrected chi connectivity index (χ1v) is 10.8. The summed E-state index contributed by atoms with van der Waals surface area (Å²) in [6.07, 6.45) is 7.75. The molecule has 3 heterocycles. The molecule has 0 spiro atoms. The lowest BCUT2D eigenvalue weighted by atomic mass is 10.2. The van der Waals surface area contributed by atoms with Gasteiger partial charge in [0.05, 0.1) is 4.88 Å². The molecule has 2 aliphatic heterocycles. The molecule has 3 rings (SSSR count). The van der Waals surface area contributed by atoms with Gasteiger partial charge in [0.25, 0.3) is 5.91 Å². The van der Waals surface area contributed by atoms with Gasteiger partial charge in [-0.1, -0.05) is 12.8 Å². The molecule has 25 heavy (non-hydrogen) atoms. The van der Waals surface area contributed by atoms with Crippen LogP contribution in [0.1, 0.15) is 73.0 Å². The fourth-order valence-electron chi connectivity index (χ4n) is 3.93. The number of rotatable bonds is 6. The highest BCUT2D eigenvalue weighted by Crippen LogP contribution is 2.30. The molecule has 1 aromatic rings. The van der Waals surface area contributed by atoms with E-state index in [2.05, 4.69) is 35.0 Å². The maximum absolute atomic E-state index is 13.1. The molecular weight excluding hydrogens is 330 g/mol. The Balaban J connectivity index is 1.60. The molecule has 2 saturated heterocycles. The lowest BCUT2D eigenvalue weighted by Gasteiger charge is -2.29. The van der Waals surface area contributed by atoms with Crippen molar-refractivity contribution in [2.75, 3.05) is 32.7 Å². The SMILES string of the molecule is CC(C)N(CCN1CCCCCC1)C(=O)c1ccc(C2CCCN2)s1. The van der Waals surface area contributed by atoms with Gasteiger partial charge in [-0.2, -0.15) is 0 Å². The number of thiophene rings is 1. The number of hydrogen-bond acceptors (Lipinski definition) is 4. The predicted octanol–water partition coefficient (Wildman–Crippen LogP) is 3.90. The van der Waals surface area contributed by atoms with Crippen LogP contribution in [0, 0.1) is 0 Å². The highest BCUT2D eigenvalue weighted by molar-refractivity contribution is 7.14. The molecular formula is C20H33N3OS. The molecule has 0 bridgehead atoms. The quantitative estimate of drug-likeness (QED) is 0.833. The van der Waals surface area contributed by atoms with Crippen molar-refractivity contribution < 1.29 is 4.79 Å². The Morgan fingerprint density at radius 3 is 2.64 bits per heavy atom. The van der Waals surface area contributed by atoms with Crippen molar-refractivity contribution in [3.63, 3.8) is 0 Å². The molecule has 4 nitrogen and oxygen atoms in total. The van der Waals surface area contributed by atoms with Crippen molar-refractivity contribution in [3.05, 3.63) is 21.9 Å². The third-order valence-electron chi connectivity index (χ3n) is 5.48. The molecule has 1 atom stereocenters. The average Bonchev–Trinajstić information content (AvgIpc) is 3.22. The van der Waals surface area contributed by atoms with E-state index in [9.17, 15) is 4.79 Å². The Morgan fingerprint density at radius 2 is 2.00 bits per heavy atom. The molecule has 2 aliphatic rings. The minimum absolute atomic E-state index is 0.207. The Labute approximate surface area is 156 Å². The molecule has 0 radical (unpaired) electrons. The first-order chi connectivity index (χ1) is 12.1. The van der Waals surface area contributed by atoms with Crippen LogP contribution in [-0.4, -0.2) is 54.5 Å². The minimum Gasteiger partial charge on any atom is -0.334 e. The van der Waals surface area contributed by atoms with Crippen LogP contribution in [0.3, 0.4) is 0 Å². The summed E-state index contributed by atoms with van der Waals surface area (Å²) in [6, 6.07) is 4.88. The molecule has 0 aromatic carbocycles. The smallest absolute Gasteiger partial charge is 0.264 e. The Bertz CT molecular complexity index is 543. The topological polar surface area (TPSA) is 35.6 Å². The number of amides is 1. The summed E-state index contributed by atoms with van der Waals surface area (Å²) in [4.78, 5) is 19.9. The van der Waals surface area contributed by atoms with Gasteiger partial charge in [0, 0.05) is 30.1 Å². The van der Waals surface area contributed by atoms with Gasteiger partial charge in [-0.05, 0) is 71.3 Å². The Morgan fingerprint density at radius 1 is 1.24 bits per heavy atom. The van der Waals surface area contributed by atoms with Gasteiger partial charge in [0.1, 0.15) is 0 Å². The normalized spacial score (nSPS) is 22.3. The number of nitrogens with one attached hydrogen (secondary N) is 1. The van der Waals surface area contributed by atoms with Crippen molar-refractivity contribution in [2.24, 2.45) is 0 Å². The van der Waals surface area contributed by atoms with Gasteiger partial charge in [-0.25, -0.2) is 0 Å². The average molecular weight is 364 g/mol. The summed E-state index contributed by atoms with van der Waals surface area (Å²) in [5, 5.41) is 3.53. The van der Waals surface area contributed by atoms with Crippen LogP contribution in [0.15, 0.2) is 12.1 Å². The summed E-state index contributed by atoms with van der Waals surface area (Å²) in [6.45, 7) is 9.59. The molecule has 1 aromatic heterocycles. The van der Waals surface area contributed by atoms with Crippen molar-refractivity contribution in [1.29, 1.82) is 0 Å². The van der Waals surface area contributed by atoms with Crippen molar-refractivity contribution >= 4 is 17.2 Å². The third-order valence-corrected chi connectivity index (χ3v) is 6.67. The van der Waals surface area contributed by atoms with Gasteiger partial charge in [-0.15, -0.1) is 11.3 Å². The number of likely N-dealkylation sites (tertiary alicyclic amines) is 1. The number of hydrogen-bond donors (Lipinski definition) is 1. The van der Waals surface area contributed by atoms with E-state index in [1.165, 1.54) is 56.5 Å². The summed E-state index contributed by atoms with van der Waals surface area (Å²) >= 11 is 1.68. The van der Waals surface area contributed by atoms with Crippen molar-refractivity contribution in [1.82, 2.24) is 15.1 Å².